The Labute approximate surface area is 143 Å². The fraction of sp³-hybridized carbons (Fsp3) is 0.158. The average Bonchev–Trinajstić information content (AvgIpc) is 2.97. The maximum Gasteiger partial charge on any atom is 0.286 e. The number of amides is 1. The Hall–Kier alpha value is -2.40. The van der Waals surface area contributed by atoms with Crippen LogP contribution in [0.5, 0.6) is 0 Å². The van der Waals surface area contributed by atoms with Gasteiger partial charge in [0.15, 0.2) is 5.17 Å². The molecular formula is C19H15FN2OS. The van der Waals surface area contributed by atoms with Crippen LogP contribution in [0.4, 0.5) is 4.39 Å². The summed E-state index contributed by atoms with van der Waals surface area (Å²) in [7, 11) is 0. The van der Waals surface area contributed by atoms with E-state index in [0.29, 0.717) is 4.91 Å². The number of rotatable bonds is 1. The third kappa shape index (κ3) is 2.99. The van der Waals surface area contributed by atoms with Gasteiger partial charge in [0, 0.05) is 13.1 Å². The number of carbonyl (C=O) groups excluding carboxylic acids is 1. The van der Waals surface area contributed by atoms with Crippen molar-refractivity contribution in [1.82, 2.24) is 4.90 Å². The van der Waals surface area contributed by atoms with Gasteiger partial charge in [0.2, 0.25) is 0 Å². The van der Waals surface area contributed by atoms with Gasteiger partial charge in [0.1, 0.15) is 5.82 Å². The van der Waals surface area contributed by atoms with E-state index in [1.807, 2.05) is 6.07 Å². The van der Waals surface area contributed by atoms with Crippen molar-refractivity contribution in [2.24, 2.45) is 4.99 Å². The molecule has 120 valence electrons. The summed E-state index contributed by atoms with van der Waals surface area (Å²) in [4.78, 5) is 19.1. The normalized spacial score (nSPS) is 18.7. The number of benzene rings is 2. The zero-order valence-electron chi connectivity index (χ0n) is 12.9. The second kappa shape index (κ2) is 6.24. The molecule has 0 spiro atoms. The summed E-state index contributed by atoms with van der Waals surface area (Å²) < 4.78 is 13.0. The van der Waals surface area contributed by atoms with Gasteiger partial charge in [0.05, 0.1) is 4.91 Å². The van der Waals surface area contributed by atoms with Crippen molar-refractivity contribution >= 4 is 28.9 Å². The Balaban J connectivity index is 1.52. The number of aliphatic imine (C=N–C) groups is 1. The molecule has 0 unspecified atom stereocenters. The number of hydrogen-bond donors (Lipinski definition) is 0. The first-order valence-electron chi connectivity index (χ1n) is 7.79. The van der Waals surface area contributed by atoms with E-state index >= 15 is 0 Å². The van der Waals surface area contributed by atoms with Crippen LogP contribution >= 0.6 is 11.8 Å². The van der Waals surface area contributed by atoms with E-state index in [1.165, 1.54) is 35.0 Å². The first kappa shape index (κ1) is 15.1. The van der Waals surface area contributed by atoms with Gasteiger partial charge in [-0.3, -0.25) is 4.79 Å². The summed E-state index contributed by atoms with van der Waals surface area (Å²) in [5, 5.41) is 0.753. The third-order valence-corrected chi connectivity index (χ3v) is 5.22. The molecule has 0 N–H and O–H groups in total. The third-order valence-electron chi connectivity index (χ3n) is 4.18. The van der Waals surface area contributed by atoms with Gasteiger partial charge >= 0.3 is 0 Å². The quantitative estimate of drug-likeness (QED) is 0.740. The molecule has 0 atom stereocenters. The van der Waals surface area contributed by atoms with E-state index in [-0.39, 0.29) is 11.7 Å². The number of hydrogen-bond acceptors (Lipinski definition) is 3. The molecule has 2 aliphatic rings. The molecule has 0 saturated carbocycles. The zero-order chi connectivity index (χ0) is 16.5. The van der Waals surface area contributed by atoms with Crippen molar-refractivity contribution in [3.05, 3.63) is 75.9 Å². The van der Waals surface area contributed by atoms with Crippen LogP contribution in [0.15, 0.2) is 58.4 Å². The Bertz CT molecular complexity index is 858. The van der Waals surface area contributed by atoms with Crippen LogP contribution in [0.25, 0.3) is 6.08 Å². The van der Waals surface area contributed by atoms with Crippen LogP contribution < -0.4 is 0 Å². The summed E-state index contributed by atoms with van der Waals surface area (Å²) >= 11 is 1.39. The minimum atomic E-state index is -0.286. The largest absolute Gasteiger partial charge is 0.346 e. The first-order valence-corrected chi connectivity index (χ1v) is 8.60. The highest BCUT2D eigenvalue weighted by atomic mass is 32.2. The monoisotopic (exact) mass is 338 g/mol. The number of thioether (sulfide) groups is 1. The lowest BCUT2D eigenvalue weighted by atomic mass is 10.0. The molecule has 2 aromatic carbocycles. The van der Waals surface area contributed by atoms with Gasteiger partial charge in [0.25, 0.3) is 5.91 Å². The molecule has 5 heteroatoms. The summed E-state index contributed by atoms with van der Waals surface area (Å²) in [5.41, 5.74) is 3.45. The van der Waals surface area contributed by atoms with Crippen molar-refractivity contribution in [2.75, 3.05) is 6.54 Å². The molecular weight excluding hydrogens is 323 g/mol. The van der Waals surface area contributed by atoms with E-state index in [4.69, 9.17) is 0 Å². The van der Waals surface area contributed by atoms with Gasteiger partial charge in [-0.15, -0.1) is 0 Å². The Kier molecular flexibility index (Phi) is 3.94. The van der Waals surface area contributed by atoms with Crippen LogP contribution in [-0.4, -0.2) is 22.5 Å². The van der Waals surface area contributed by atoms with Crippen molar-refractivity contribution in [3.8, 4) is 0 Å². The van der Waals surface area contributed by atoms with Crippen LogP contribution in [0.2, 0.25) is 0 Å². The molecule has 0 aliphatic carbocycles. The molecule has 24 heavy (non-hydrogen) atoms. The molecule has 0 saturated heterocycles. The molecule has 4 rings (SSSR count). The zero-order valence-corrected chi connectivity index (χ0v) is 13.7. The smallest absolute Gasteiger partial charge is 0.286 e. The summed E-state index contributed by atoms with van der Waals surface area (Å²) in [6.45, 7) is 1.64. The first-order chi connectivity index (χ1) is 11.7. The molecule has 1 amide bonds. The maximum absolute atomic E-state index is 13.0. The molecule has 2 aliphatic heterocycles. The van der Waals surface area contributed by atoms with E-state index in [1.54, 1.807) is 18.2 Å². The summed E-state index contributed by atoms with van der Waals surface area (Å²) in [5.74, 6) is -0.510. The van der Waals surface area contributed by atoms with Crippen molar-refractivity contribution in [2.45, 2.75) is 13.0 Å². The van der Waals surface area contributed by atoms with Crippen LogP contribution in [-0.2, 0) is 17.8 Å². The lowest BCUT2D eigenvalue weighted by Gasteiger charge is -2.29. The molecule has 0 fully saturated rings. The Morgan fingerprint density at radius 3 is 2.62 bits per heavy atom. The fourth-order valence-corrected chi connectivity index (χ4v) is 3.84. The topological polar surface area (TPSA) is 32.7 Å². The van der Waals surface area contributed by atoms with E-state index < -0.39 is 0 Å². The summed E-state index contributed by atoms with van der Waals surface area (Å²) in [6.07, 6.45) is 2.72. The Morgan fingerprint density at radius 2 is 1.83 bits per heavy atom. The molecule has 0 bridgehead atoms. The number of halogens is 1. The molecule has 0 aromatic heterocycles. The number of nitrogens with zero attached hydrogens (tertiary/aromatic N) is 2. The highest BCUT2D eigenvalue weighted by molar-refractivity contribution is 8.18. The Morgan fingerprint density at radius 1 is 1.08 bits per heavy atom. The van der Waals surface area contributed by atoms with Gasteiger partial charge in [-0.2, -0.15) is 4.99 Å². The lowest BCUT2D eigenvalue weighted by Crippen LogP contribution is -2.33. The van der Waals surface area contributed by atoms with Crippen LogP contribution in [0.3, 0.4) is 0 Å². The van der Waals surface area contributed by atoms with E-state index in [2.05, 4.69) is 28.1 Å². The highest BCUT2D eigenvalue weighted by Gasteiger charge is 2.28. The molecule has 2 aromatic rings. The van der Waals surface area contributed by atoms with Gasteiger partial charge < -0.3 is 4.90 Å². The second-order valence-electron chi connectivity index (χ2n) is 5.80. The SMILES string of the molecule is O=C1N=C(N2CCc3ccccc3C2)SC1=Cc1ccc(F)cc1. The predicted molar refractivity (Wildman–Crippen MR) is 95.0 cm³/mol. The van der Waals surface area contributed by atoms with Gasteiger partial charge in [-0.05, 0) is 53.1 Å². The van der Waals surface area contributed by atoms with Crippen molar-refractivity contribution in [1.29, 1.82) is 0 Å². The van der Waals surface area contributed by atoms with Crippen molar-refractivity contribution in [3.63, 3.8) is 0 Å². The van der Waals surface area contributed by atoms with Gasteiger partial charge in [-0.1, -0.05) is 36.4 Å². The maximum atomic E-state index is 13.0. The number of amidine groups is 1. The van der Waals surface area contributed by atoms with Crippen LogP contribution in [0, 0.1) is 5.82 Å². The van der Waals surface area contributed by atoms with Crippen molar-refractivity contribution < 1.29 is 9.18 Å². The van der Waals surface area contributed by atoms with E-state index in [9.17, 15) is 9.18 Å². The molecule has 0 radical (unpaired) electrons. The predicted octanol–water partition coefficient (Wildman–Crippen LogP) is 3.85. The van der Waals surface area contributed by atoms with Gasteiger partial charge in [-0.25, -0.2) is 4.39 Å². The highest BCUT2D eigenvalue weighted by Crippen LogP contribution is 2.32. The van der Waals surface area contributed by atoms with E-state index in [0.717, 1.165) is 30.2 Å². The summed E-state index contributed by atoms with van der Waals surface area (Å²) in [6, 6.07) is 14.5. The lowest BCUT2D eigenvalue weighted by molar-refractivity contribution is -0.113. The second-order valence-corrected chi connectivity index (χ2v) is 6.81. The fourth-order valence-electron chi connectivity index (χ4n) is 2.90. The number of carbonyl (C=O) groups is 1. The minimum Gasteiger partial charge on any atom is -0.346 e. The average molecular weight is 338 g/mol. The number of fused-ring (bicyclic) bond motifs is 1. The molecule has 2 heterocycles. The molecule has 3 nitrogen and oxygen atoms in total. The van der Waals surface area contributed by atoms with Crippen LogP contribution in [0.1, 0.15) is 16.7 Å². The standard InChI is InChI=1S/C19H15FN2OS/c20-16-7-5-13(6-8-16)11-17-18(23)21-19(24-17)22-10-9-14-3-1-2-4-15(14)12-22/h1-8,11H,9-10,12H2. The minimum absolute atomic E-state index is 0.224.